The molecule has 0 aliphatic rings. The van der Waals surface area contributed by atoms with Crippen molar-refractivity contribution >= 4 is 11.6 Å². The van der Waals surface area contributed by atoms with Crippen LogP contribution >= 0.6 is 11.6 Å². The maximum atomic E-state index is 10.5. The van der Waals surface area contributed by atoms with Gasteiger partial charge in [-0.15, -0.1) is 0 Å². The predicted octanol–water partition coefficient (Wildman–Crippen LogP) is 4.54. The third kappa shape index (κ3) is 3.17. The zero-order valence-electron chi connectivity index (χ0n) is 11.6. The van der Waals surface area contributed by atoms with Crippen molar-refractivity contribution in [1.82, 2.24) is 0 Å². The van der Waals surface area contributed by atoms with Crippen LogP contribution in [0, 0.1) is 20.8 Å². The normalized spacial score (nSPS) is 12.5. The number of hydrogen-bond acceptors (Lipinski definition) is 1. The summed E-state index contributed by atoms with van der Waals surface area (Å²) in [5, 5.41) is 11.2. The van der Waals surface area contributed by atoms with Crippen molar-refractivity contribution in [1.29, 1.82) is 0 Å². The van der Waals surface area contributed by atoms with E-state index in [1.54, 1.807) is 0 Å². The van der Waals surface area contributed by atoms with Gasteiger partial charge in [-0.05, 0) is 60.7 Å². The smallest absolute Gasteiger partial charge is 0.0833 e. The first-order valence-corrected chi connectivity index (χ1v) is 6.86. The fourth-order valence-electron chi connectivity index (χ4n) is 2.49. The van der Waals surface area contributed by atoms with Crippen molar-refractivity contribution in [2.75, 3.05) is 0 Å². The molecule has 100 valence electrons. The van der Waals surface area contributed by atoms with E-state index in [1.807, 2.05) is 31.2 Å². The summed E-state index contributed by atoms with van der Waals surface area (Å²) in [4.78, 5) is 0. The Hall–Kier alpha value is -1.31. The van der Waals surface area contributed by atoms with Crippen molar-refractivity contribution in [3.05, 3.63) is 69.2 Å². The van der Waals surface area contributed by atoms with E-state index in [2.05, 4.69) is 26.0 Å². The fourth-order valence-corrected chi connectivity index (χ4v) is 2.71. The topological polar surface area (TPSA) is 20.2 Å². The Balaban J connectivity index is 2.28. The van der Waals surface area contributed by atoms with Crippen molar-refractivity contribution in [3.8, 4) is 0 Å². The van der Waals surface area contributed by atoms with Gasteiger partial charge in [-0.1, -0.05) is 35.9 Å². The maximum Gasteiger partial charge on any atom is 0.0833 e. The minimum Gasteiger partial charge on any atom is -0.388 e. The second-order valence-electron chi connectivity index (χ2n) is 5.09. The number of hydrogen-bond donors (Lipinski definition) is 1. The van der Waals surface area contributed by atoms with Gasteiger partial charge in [0.05, 0.1) is 6.10 Å². The molecule has 0 saturated carbocycles. The number of rotatable bonds is 3. The molecule has 1 atom stereocenters. The number of aryl methyl sites for hydroxylation is 3. The number of aliphatic hydroxyl groups excluding tert-OH is 1. The molecular formula is C17H19ClO. The van der Waals surface area contributed by atoms with Gasteiger partial charge in [-0.3, -0.25) is 0 Å². The summed E-state index contributed by atoms with van der Waals surface area (Å²) >= 11 is 5.95. The molecule has 0 aliphatic carbocycles. The maximum absolute atomic E-state index is 10.5. The van der Waals surface area contributed by atoms with Crippen LogP contribution in [0.2, 0.25) is 5.02 Å². The van der Waals surface area contributed by atoms with Crippen LogP contribution in [-0.2, 0) is 6.42 Å². The molecule has 2 rings (SSSR count). The van der Waals surface area contributed by atoms with Gasteiger partial charge in [0.15, 0.2) is 0 Å². The van der Waals surface area contributed by atoms with Crippen LogP contribution < -0.4 is 0 Å². The van der Waals surface area contributed by atoms with Crippen LogP contribution in [-0.4, -0.2) is 5.11 Å². The van der Waals surface area contributed by atoms with E-state index in [0.29, 0.717) is 11.4 Å². The Kier molecular flexibility index (Phi) is 4.28. The first-order valence-electron chi connectivity index (χ1n) is 6.48. The third-order valence-electron chi connectivity index (χ3n) is 3.63. The highest BCUT2D eigenvalue weighted by molar-refractivity contribution is 6.30. The molecule has 0 aromatic heterocycles. The monoisotopic (exact) mass is 274 g/mol. The average Bonchev–Trinajstić information content (AvgIpc) is 2.33. The summed E-state index contributed by atoms with van der Waals surface area (Å²) in [6.45, 7) is 6.16. The van der Waals surface area contributed by atoms with Crippen LogP contribution in [0.4, 0.5) is 0 Å². The van der Waals surface area contributed by atoms with E-state index in [1.165, 1.54) is 16.7 Å². The Morgan fingerprint density at radius 2 is 1.63 bits per heavy atom. The Bertz CT molecular complexity index is 570. The summed E-state index contributed by atoms with van der Waals surface area (Å²) in [7, 11) is 0. The molecule has 0 saturated heterocycles. The van der Waals surface area contributed by atoms with E-state index in [9.17, 15) is 5.11 Å². The molecule has 0 spiro atoms. The highest BCUT2D eigenvalue weighted by atomic mass is 35.5. The molecule has 2 heteroatoms. The van der Waals surface area contributed by atoms with Crippen LogP contribution in [0.5, 0.6) is 0 Å². The fraction of sp³-hybridized carbons (Fsp3) is 0.294. The second kappa shape index (κ2) is 5.77. The van der Waals surface area contributed by atoms with Gasteiger partial charge in [0.1, 0.15) is 0 Å². The van der Waals surface area contributed by atoms with E-state index in [4.69, 9.17) is 11.6 Å². The minimum absolute atomic E-state index is 0.489. The van der Waals surface area contributed by atoms with Gasteiger partial charge in [0.2, 0.25) is 0 Å². The average molecular weight is 275 g/mol. The van der Waals surface area contributed by atoms with Crippen LogP contribution in [0.1, 0.15) is 33.9 Å². The summed E-state index contributed by atoms with van der Waals surface area (Å²) in [6.07, 6.45) is 0.151. The van der Waals surface area contributed by atoms with Crippen LogP contribution in [0.25, 0.3) is 0 Å². The second-order valence-corrected chi connectivity index (χ2v) is 5.53. The Labute approximate surface area is 119 Å². The van der Waals surface area contributed by atoms with E-state index < -0.39 is 6.10 Å². The Morgan fingerprint density at radius 1 is 1.00 bits per heavy atom. The van der Waals surface area contributed by atoms with Crippen molar-refractivity contribution in [2.24, 2.45) is 0 Å². The standard InChI is InChI=1S/C17H19ClO/c1-11-5-4-6-12(2)16(11)10-17(19)15-8-7-14(18)9-13(15)3/h4-9,17,19H,10H2,1-3H3. The lowest BCUT2D eigenvalue weighted by Crippen LogP contribution is -2.06. The highest BCUT2D eigenvalue weighted by Gasteiger charge is 2.14. The summed E-state index contributed by atoms with van der Waals surface area (Å²) < 4.78 is 0. The van der Waals surface area contributed by atoms with Gasteiger partial charge in [0.25, 0.3) is 0 Å². The molecule has 1 unspecified atom stereocenters. The molecule has 0 aliphatic heterocycles. The van der Waals surface area contributed by atoms with E-state index >= 15 is 0 Å². The molecule has 0 amide bonds. The molecule has 19 heavy (non-hydrogen) atoms. The van der Waals surface area contributed by atoms with Crippen molar-refractivity contribution in [2.45, 2.75) is 33.3 Å². The van der Waals surface area contributed by atoms with E-state index in [0.717, 1.165) is 11.1 Å². The first-order chi connectivity index (χ1) is 8.99. The molecule has 0 heterocycles. The molecule has 1 nitrogen and oxygen atoms in total. The van der Waals surface area contributed by atoms with Crippen LogP contribution in [0.15, 0.2) is 36.4 Å². The Morgan fingerprint density at radius 3 is 2.21 bits per heavy atom. The summed E-state index contributed by atoms with van der Waals surface area (Å²) in [5.41, 5.74) is 5.67. The van der Waals surface area contributed by atoms with Gasteiger partial charge in [-0.25, -0.2) is 0 Å². The lowest BCUT2D eigenvalue weighted by atomic mass is 9.93. The number of halogens is 1. The molecule has 2 aromatic carbocycles. The molecule has 0 radical (unpaired) electrons. The van der Waals surface area contributed by atoms with Crippen molar-refractivity contribution in [3.63, 3.8) is 0 Å². The molecule has 1 N–H and O–H groups in total. The van der Waals surface area contributed by atoms with Gasteiger partial charge in [-0.2, -0.15) is 0 Å². The lowest BCUT2D eigenvalue weighted by molar-refractivity contribution is 0.177. The highest BCUT2D eigenvalue weighted by Crippen LogP contribution is 2.26. The van der Waals surface area contributed by atoms with Crippen LogP contribution in [0.3, 0.4) is 0 Å². The van der Waals surface area contributed by atoms with Crippen molar-refractivity contribution < 1.29 is 5.11 Å². The quantitative estimate of drug-likeness (QED) is 0.871. The van der Waals surface area contributed by atoms with Gasteiger partial charge in [0, 0.05) is 11.4 Å². The van der Waals surface area contributed by atoms with E-state index in [-0.39, 0.29) is 0 Å². The number of benzene rings is 2. The van der Waals surface area contributed by atoms with Gasteiger partial charge < -0.3 is 5.11 Å². The summed E-state index contributed by atoms with van der Waals surface area (Å²) in [5.74, 6) is 0. The molecular weight excluding hydrogens is 256 g/mol. The third-order valence-corrected chi connectivity index (χ3v) is 3.87. The molecule has 2 aromatic rings. The SMILES string of the molecule is Cc1cc(Cl)ccc1C(O)Cc1c(C)cccc1C. The summed E-state index contributed by atoms with van der Waals surface area (Å²) in [6, 6.07) is 11.9. The number of aliphatic hydroxyl groups is 1. The molecule has 0 fully saturated rings. The minimum atomic E-state index is -0.489. The zero-order valence-corrected chi connectivity index (χ0v) is 12.3. The van der Waals surface area contributed by atoms with Gasteiger partial charge >= 0.3 is 0 Å². The lowest BCUT2D eigenvalue weighted by Gasteiger charge is -2.17. The largest absolute Gasteiger partial charge is 0.388 e. The zero-order chi connectivity index (χ0) is 14.0. The predicted molar refractivity (Wildman–Crippen MR) is 80.8 cm³/mol. The molecule has 0 bridgehead atoms. The first kappa shape index (κ1) is 14.1.